The van der Waals surface area contributed by atoms with Crippen LogP contribution in [0, 0.1) is 5.82 Å². The molecule has 5 nitrogen and oxygen atoms in total. The Bertz CT molecular complexity index is 923. The lowest BCUT2D eigenvalue weighted by atomic mass is 10.2. The van der Waals surface area contributed by atoms with Gasteiger partial charge < -0.3 is 9.88 Å². The molecule has 0 saturated carbocycles. The minimum absolute atomic E-state index is 0.0192. The van der Waals surface area contributed by atoms with Crippen molar-refractivity contribution < 1.29 is 9.18 Å². The predicted octanol–water partition coefficient (Wildman–Crippen LogP) is 2.68. The quantitative estimate of drug-likeness (QED) is 0.803. The first kappa shape index (κ1) is 15.6. The van der Waals surface area contributed by atoms with E-state index in [2.05, 4.69) is 10.3 Å². The SMILES string of the molecule is O=C(Nc1ccncc1)c1cccn(Cc2cccc(F)c2)c1=O. The van der Waals surface area contributed by atoms with E-state index in [1.807, 2.05) is 0 Å². The molecule has 1 aromatic carbocycles. The zero-order chi connectivity index (χ0) is 16.9. The molecular weight excluding hydrogens is 309 g/mol. The van der Waals surface area contributed by atoms with Crippen LogP contribution in [0.25, 0.3) is 0 Å². The average molecular weight is 323 g/mol. The van der Waals surface area contributed by atoms with Crippen molar-refractivity contribution in [3.8, 4) is 0 Å². The minimum atomic E-state index is -0.500. The summed E-state index contributed by atoms with van der Waals surface area (Å²) in [6, 6.07) is 12.3. The maximum Gasteiger partial charge on any atom is 0.263 e. The molecular formula is C18H14FN3O2. The van der Waals surface area contributed by atoms with E-state index >= 15 is 0 Å². The van der Waals surface area contributed by atoms with Crippen molar-refractivity contribution in [1.82, 2.24) is 9.55 Å². The number of nitrogens with one attached hydrogen (secondary N) is 1. The van der Waals surface area contributed by atoms with E-state index in [1.165, 1.54) is 22.8 Å². The van der Waals surface area contributed by atoms with Gasteiger partial charge >= 0.3 is 0 Å². The molecule has 0 saturated heterocycles. The van der Waals surface area contributed by atoms with Crippen LogP contribution in [0.4, 0.5) is 10.1 Å². The molecule has 1 amide bonds. The van der Waals surface area contributed by atoms with Crippen molar-refractivity contribution in [2.45, 2.75) is 6.54 Å². The summed E-state index contributed by atoms with van der Waals surface area (Å²) in [5, 5.41) is 2.65. The highest BCUT2D eigenvalue weighted by Crippen LogP contribution is 2.07. The second-order valence-electron chi connectivity index (χ2n) is 5.17. The van der Waals surface area contributed by atoms with Gasteiger partial charge in [-0.05, 0) is 42.0 Å². The third-order valence-corrected chi connectivity index (χ3v) is 3.44. The first-order valence-corrected chi connectivity index (χ1v) is 7.29. The van der Waals surface area contributed by atoms with E-state index in [-0.39, 0.29) is 17.9 Å². The van der Waals surface area contributed by atoms with E-state index in [4.69, 9.17) is 0 Å². The Balaban J connectivity index is 1.85. The molecule has 0 aliphatic carbocycles. The fourth-order valence-corrected chi connectivity index (χ4v) is 2.30. The Hall–Kier alpha value is -3.28. The summed E-state index contributed by atoms with van der Waals surface area (Å²) in [6.45, 7) is 0.187. The van der Waals surface area contributed by atoms with Crippen LogP contribution >= 0.6 is 0 Å². The molecule has 0 spiro atoms. The number of anilines is 1. The largest absolute Gasteiger partial charge is 0.322 e. The van der Waals surface area contributed by atoms with Gasteiger partial charge in [-0.25, -0.2) is 4.39 Å². The molecule has 0 aliphatic rings. The zero-order valence-electron chi connectivity index (χ0n) is 12.6. The summed E-state index contributed by atoms with van der Waals surface area (Å²) in [6.07, 6.45) is 4.65. The van der Waals surface area contributed by atoms with Crippen molar-refractivity contribution >= 4 is 11.6 Å². The van der Waals surface area contributed by atoms with Gasteiger partial charge in [0.1, 0.15) is 11.4 Å². The first-order chi connectivity index (χ1) is 11.6. The van der Waals surface area contributed by atoms with Gasteiger partial charge in [0.05, 0.1) is 6.54 Å². The predicted molar refractivity (Wildman–Crippen MR) is 88.4 cm³/mol. The fraction of sp³-hybridized carbons (Fsp3) is 0.0556. The Morgan fingerprint density at radius 1 is 1.12 bits per heavy atom. The van der Waals surface area contributed by atoms with E-state index in [0.29, 0.717) is 11.3 Å². The standard InChI is InChI=1S/C18H14FN3O2/c19-14-4-1-3-13(11-14)12-22-10-2-5-16(18(22)24)17(23)21-15-6-8-20-9-7-15/h1-11H,12H2,(H,20,21,23). The number of nitrogens with zero attached hydrogens (tertiary/aromatic N) is 2. The fourth-order valence-electron chi connectivity index (χ4n) is 2.30. The first-order valence-electron chi connectivity index (χ1n) is 7.29. The molecule has 3 rings (SSSR count). The number of hydrogen-bond donors (Lipinski definition) is 1. The zero-order valence-corrected chi connectivity index (χ0v) is 12.6. The molecule has 24 heavy (non-hydrogen) atoms. The molecule has 0 bridgehead atoms. The second kappa shape index (κ2) is 6.87. The smallest absolute Gasteiger partial charge is 0.263 e. The number of aromatic nitrogens is 2. The van der Waals surface area contributed by atoms with Crippen LogP contribution in [0.5, 0.6) is 0 Å². The monoisotopic (exact) mass is 323 g/mol. The summed E-state index contributed by atoms with van der Waals surface area (Å²) in [7, 11) is 0. The summed E-state index contributed by atoms with van der Waals surface area (Å²) < 4.78 is 14.6. The number of hydrogen-bond acceptors (Lipinski definition) is 3. The van der Waals surface area contributed by atoms with Gasteiger partial charge in [-0.15, -0.1) is 0 Å². The van der Waals surface area contributed by atoms with Gasteiger partial charge in [0, 0.05) is 24.3 Å². The van der Waals surface area contributed by atoms with Gasteiger partial charge in [0.15, 0.2) is 0 Å². The lowest BCUT2D eigenvalue weighted by Crippen LogP contribution is -2.29. The average Bonchev–Trinajstić information content (AvgIpc) is 2.58. The number of carbonyl (C=O) groups excluding carboxylic acids is 1. The molecule has 0 atom stereocenters. The Kier molecular flexibility index (Phi) is 4.47. The van der Waals surface area contributed by atoms with E-state index < -0.39 is 11.5 Å². The lowest BCUT2D eigenvalue weighted by Gasteiger charge is -2.09. The molecule has 6 heteroatoms. The summed E-state index contributed by atoms with van der Waals surface area (Å²) in [5.74, 6) is -0.869. The molecule has 0 aliphatic heterocycles. The number of benzene rings is 1. The highest BCUT2D eigenvalue weighted by atomic mass is 19.1. The molecule has 0 fully saturated rings. The third kappa shape index (κ3) is 3.55. The van der Waals surface area contributed by atoms with E-state index in [9.17, 15) is 14.0 Å². The van der Waals surface area contributed by atoms with Gasteiger partial charge in [-0.3, -0.25) is 14.6 Å². The van der Waals surface area contributed by atoms with Crippen LogP contribution in [0.1, 0.15) is 15.9 Å². The lowest BCUT2D eigenvalue weighted by molar-refractivity contribution is 0.102. The van der Waals surface area contributed by atoms with E-state index in [0.717, 1.165) is 0 Å². The maximum atomic E-state index is 13.3. The maximum absolute atomic E-state index is 13.3. The highest BCUT2D eigenvalue weighted by Gasteiger charge is 2.12. The van der Waals surface area contributed by atoms with Crippen molar-refractivity contribution in [3.05, 3.63) is 94.4 Å². The van der Waals surface area contributed by atoms with Gasteiger partial charge in [0.2, 0.25) is 0 Å². The van der Waals surface area contributed by atoms with Gasteiger partial charge in [-0.2, -0.15) is 0 Å². The van der Waals surface area contributed by atoms with Crippen molar-refractivity contribution in [3.63, 3.8) is 0 Å². The van der Waals surface area contributed by atoms with Crippen molar-refractivity contribution in [2.24, 2.45) is 0 Å². The molecule has 2 heterocycles. The van der Waals surface area contributed by atoms with Gasteiger partial charge in [0.25, 0.3) is 11.5 Å². The van der Waals surface area contributed by atoms with Crippen LogP contribution in [0.2, 0.25) is 0 Å². The van der Waals surface area contributed by atoms with Gasteiger partial charge in [-0.1, -0.05) is 12.1 Å². The molecule has 120 valence electrons. The summed E-state index contributed by atoms with van der Waals surface area (Å²) in [4.78, 5) is 28.6. The minimum Gasteiger partial charge on any atom is -0.322 e. The van der Waals surface area contributed by atoms with Crippen LogP contribution in [-0.2, 0) is 6.54 Å². The normalized spacial score (nSPS) is 10.4. The molecule has 0 radical (unpaired) electrons. The number of pyridine rings is 2. The van der Waals surface area contributed by atoms with Crippen LogP contribution < -0.4 is 10.9 Å². The molecule has 3 aromatic rings. The third-order valence-electron chi connectivity index (χ3n) is 3.44. The van der Waals surface area contributed by atoms with E-state index in [1.54, 1.807) is 48.9 Å². The number of rotatable bonds is 4. The highest BCUT2D eigenvalue weighted by molar-refractivity contribution is 6.03. The van der Waals surface area contributed by atoms with Crippen molar-refractivity contribution in [1.29, 1.82) is 0 Å². The topological polar surface area (TPSA) is 64.0 Å². The molecule has 2 aromatic heterocycles. The number of carbonyl (C=O) groups is 1. The second-order valence-corrected chi connectivity index (χ2v) is 5.17. The Morgan fingerprint density at radius 2 is 1.92 bits per heavy atom. The summed E-state index contributed by atoms with van der Waals surface area (Å²) in [5.41, 5.74) is 0.776. The van der Waals surface area contributed by atoms with Crippen molar-refractivity contribution in [2.75, 3.05) is 5.32 Å². The molecule has 0 unspecified atom stereocenters. The Morgan fingerprint density at radius 3 is 2.67 bits per heavy atom. The van der Waals surface area contributed by atoms with Crippen LogP contribution in [-0.4, -0.2) is 15.5 Å². The van der Waals surface area contributed by atoms with Crippen LogP contribution in [0.15, 0.2) is 71.9 Å². The number of amides is 1. The Labute approximate surface area is 137 Å². The number of halogens is 1. The summed E-state index contributed by atoms with van der Waals surface area (Å²) >= 11 is 0. The molecule has 1 N–H and O–H groups in total. The van der Waals surface area contributed by atoms with Crippen LogP contribution in [0.3, 0.4) is 0 Å².